The maximum Gasteiger partial charge on any atom is 0.219 e. The molecule has 0 aliphatic heterocycles. The number of ether oxygens (including phenoxy) is 1. The summed E-state index contributed by atoms with van der Waals surface area (Å²) in [5.41, 5.74) is 0. The number of hydrogen-bond acceptors (Lipinski definition) is 4. The number of hydrogen-bond donors (Lipinski definition) is 1. The lowest BCUT2D eigenvalue weighted by atomic mass is 10.5. The number of rotatable bonds is 4. The van der Waals surface area contributed by atoms with E-state index in [1.807, 2.05) is 6.92 Å². The van der Waals surface area contributed by atoms with E-state index < -0.39 is 0 Å². The topological polar surface area (TPSA) is 47.0 Å². The zero-order chi connectivity index (χ0) is 9.52. The van der Waals surface area contributed by atoms with Gasteiger partial charge >= 0.3 is 0 Å². The van der Waals surface area contributed by atoms with E-state index in [4.69, 9.17) is 11.2 Å². The second-order valence-electron chi connectivity index (χ2n) is 2.26. The van der Waals surface area contributed by atoms with Gasteiger partial charge < -0.3 is 10.1 Å². The zero-order valence-electron chi connectivity index (χ0n) is 7.45. The Bertz CT molecular complexity index is 306. The average Bonchev–Trinajstić information content (AvgIpc) is 2.16. The van der Waals surface area contributed by atoms with Crippen LogP contribution in [0.25, 0.3) is 0 Å². The molecule has 1 heterocycles. The highest BCUT2D eigenvalue weighted by molar-refractivity contribution is 5.36. The van der Waals surface area contributed by atoms with Crippen molar-refractivity contribution in [1.82, 2.24) is 9.97 Å². The van der Waals surface area contributed by atoms with Crippen LogP contribution in [-0.2, 0) is 0 Å². The molecular weight excluding hydrogens is 166 g/mol. The van der Waals surface area contributed by atoms with Crippen LogP contribution in [0.5, 0.6) is 5.88 Å². The third-order valence-corrected chi connectivity index (χ3v) is 1.30. The number of terminal acetylenes is 1. The van der Waals surface area contributed by atoms with Gasteiger partial charge in [0.15, 0.2) is 6.61 Å². The summed E-state index contributed by atoms with van der Waals surface area (Å²) in [6, 6.07) is 1.71. The number of anilines is 1. The van der Waals surface area contributed by atoms with Gasteiger partial charge in [0.05, 0.1) is 0 Å². The standard InChI is InChI=1S/C9H11N3O/c1-3-5-13-9-6-8(10-4-2)11-7-12-9/h1,6-7H,4-5H2,2H3,(H,10,11,12). The van der Waals surface area contributed by atoms with Crippen molar-refractivity contribution < 1.29 is 4.74 Å². The second kappa shape index (κ2) is 4.99. The number of aromatic nitrogens is 2. The maximum atomic E-state index is 5.11. The van der Waals surface area contributed by atoms with E-state index in [-0.39, 0.29) is 6.61 Å². The normalized spacial score (nSPS) is 8.92. The summed E-state index contributed by atoms with van der Waals surface area (Å²) in [7, 11) is 0. The molecule has 0 aliphatic carbocycles. The molecule has 1 aromatic rings. The van der Waals surface area contributed by atoms with E-state index in [9.17, 15) is 0 Å². The summed E-state index contributed by atoms with van der Waals surface area (Å²) in [5, 5.41) is 3.04. The Morgan fingerprint density at radius 3 is 3.15 bits per heavy atom. The summed E-state index contributed by atoms with van der Waals surface area (Å²) >= 11 is 0. The van der Waals surface area contributed by atoms with Crippen molar-refractivity contribution in [3.05, 3.63) is 12.4 Å². The molecule has 0 fully saturated rings. The fraction of sp³-hybridized carbons (Fsp3) is 0.333. The molecule has 0 aliphatic rings. The van der Waals surface area contributed by atoms with E-state index in [1.54, 1.807) is 6.07 Å². The number of nitrogens with one attached hydrogen (secondary N) is 1. The fourth-order valence-electron chi connectivity index (χ4n) is 0.812. The van der Waals surface area contributed by atoms with E-state index >= 15 is 0 Å². The van der Waals surface area contributed by atoms with Crippen molar-refractivity contribution in [3.63, 3.8) is 0 Å². The van der Waals surface area contributed by atoms with Gasteiger partial charge in [0.25, 0.3) is 0 Å². The lowest BCUT2D eigenvalue weighted by molar-refractivity contribution is 0.355. The highest BCUT2D eigenvalue weighted by atomic mass is 16.5. The SMILES string of the molecule is C#CCOc1cc(NCC)ncn1. The molecule has 1 aromatic heterocycles. The van der Waals surface area contributed by atoms with Gasteiger partial charge in [-0.25, -0.2) is 9.97 Å². The van der Waals surface area contributed by atoms with Gasteiger partial charge in [-0.15, -0.1) is 6.42 Å². The van der Waals surface area contributed by atoms with Crippen LogP contribution < -0.4 is 10.1 Å². The molecule has 13 heavy (non-hydrogen) atoms. The monoisotopic (exact) mass is 177 g/mol. The molecule has 0 amide bonds. The molecule has 0 unspecified atom stereocenters. The third-order valence-electron chi connectivity index (χ3n) is 1.30. The van der Waals surface area contributed by atoms with Crippen molar-refractivity contribution in [2.45, 2.75) is 6.92 Å². The molecule has 0 aromatic carbocycles. The van der Waals surface area contributed by atoms with Crippen LogP contribution in [0.4, 0.5) is 5.82 Å². The minimum Gasteiger partial charge on any atom is -0.464 e. The molecule has 4 nitrogen and oxygen atoms in total. The Morgan fingerprint density at radius 2 is 2.46 bits per heavy atom. The summed E-state index contributed by atoms with van der Waals surface area (Å²) in [6.07, 6.45) is 6.47. The van der Waals surface area contributed by atoms with Crippen molar-refractivity contribution in [2.75, 3.05) is 18.5 Å². The third kappa shape index (κ3) is 2.99. The van der Waals surface area contributed by atoms with Crippen LogP contribution in [0.1, 0.15) is 6.92 Å². The van der Waals surface area contributed by atoms with Gasteiger partial charge in [-0.2, -0.15) is 0 Å². The lowest BCUT2D eigenvalue weighted by Crippen LogP contribution is -2.01. The van der Waals surface area contributed by atoms with Gasteiger partial charge in [0.1, 0.15) is 12.1 Å². The molecule has 0 radical (unpaired) electrons. The largest absolute Gasteiger partial charge is 0.464 e. The van der Waals surface area contributed by atoms with Crippen LogP contribution in [0.15, 0.2) is 12.4 Å². The van der Waals surface area contributed by atoms with Crippen LogP contribution in [0.2, 0.25) is 0 Å². The van der Waals surface area contributed by atoms with E-state index in [2.05, 4.69) is 21.2 Å². The Balaban J connectivity index is 2.63. The number of nitrogens with zero attached hydrogens (tertiary/aromatic N) is 2. The van der Waals surface area contributed by atoms with Gasteiger partial charge in [-0.1, -0.05) is 5.92 Å². The van der Waals surface area contributed by atoms with Gasteiger partial charge in [0.2, 0.25) is 5.88 Å². The van der Waals surface area contributed by atoms with E-state index in [0.717, 1.165) is 12.4 Å². The molecule has 1 rings (SSSR count). The zero-order valence-corrected chi connectivity index (χ0v) is 7.45. The first kappa shape index (κ1) is 9.33. The Morgan fingerprint density at radius 1 is 1.62 bits per heavy atom. The highest BCUT2D eigenvalue weighted by Gasteiger charge is 1.96. The molecular formula is C9H11N3O. The highest BCUT2D eigenvalue weighted by Crippen LogP contribution is 2.09. The van der Waals surface area contributed by atoms with Crippen LogP contribution in [0, 0.1) is 12.3 Å². The predicted octanol–water partition coefficient (Wildman–Crippen LogP) is 0.920. The molecule has 0 atom stereocenters. The van der Waals surface area contributed by atoms with Crippen LogP contribution in [-0.4, -0.2) is 23.1 Å². The van der Waals surface area contributed by atoms with E-state index in [0.29, 0.717) is 5.88 Å². The first-order chi connectivity index (χ1) is 6.36. The molecule has 68 valence electrons. The first-order valence-electron chi connectivity index (χ1n) is 3.99. The Kier molecular flexibility index (Phi) is 3.58. The van der Waals surface area contributed by atoms with Crippen molar-refractivity contribution >= 4 is 5.82 Å². The predicted molar refractivity (Wildman–Crippen MR) is 50.5 cm³/mol. The summed E-state index contributed by atoms with van der Waals surface area (Å²) < 4.78 is 5.11. The molecule has 1 N–H and O–H groups in total. The average molecular weight is 177 g/mol. The van der Waals surface area contributed by atoms with Crippen molar-refractivity contribution in [3.8, 4) is 18.2 Å². The minimum absolute atomic E-state index is 0.225. The van der Waals surface area contributed by atoms with Crippen LogP contribution >= 0.6 is 0 Å². The van der Waals surface area contributed by atoms with Gasteiger partial charge in [-0.3, -0.25) is 0 Å². The van der Waals surface area contributed by atoms with E-state index in [1.165, 1.54) is 6.33 Å². The molecule has 4 heteroatoms. The minimum atomic E-state index is 0.225. The molecule has 0 saturated heterocycles. The Labute approximate surface area is 77.4 Å². The molecule has 0 bridgehead atoms. The molecule has 0 saturated carbocycles. The smallest absolute Gasteiger partial charge is 0.219 e. The quantitative estimate of drug-likeness (QED) is 0.695. The van der Waals surface area contributed by atoms with Crippen molar-refractivity contribution in [1.29, 1.82) is 0 Å². The van der Waals surface area contributed by atoms with Crippen molar-refractivity contribution in [2.24, 2.45) is 0 Å². The second-order valence-corrected chi connectivity index (χ2v) is 2.26. The molecule has 0 spiro atoms. The first-order valence-corrected chi connectivity index (χ1v) is 3.99. The van der Waals surface area contributed by atoms with Gasteiger partial charge in [-0.05, 0) is 6.92 Å². The Hall–Kier alpha value is -1.76. The summed E-state index contributed by atoms with van der Waals surface area (Å²) in [5.74, 6) is 3.59. The summed E-state index contributed by atoms with van der Waals surface area (Å²) in [4.78, 5) is 7.87. The lowest BCUT2D eigenvalue weighted by Gasteiger charge is -2.03. The maximum absolute atomic E-state index is 5.11. The van der Waals surface area contributed by atoms with Crippen LogP contribution in [0.3, 0.4) is 0 Å². The van der Waals surface area contributed by atoms with Gasteiger partial charge in [0, 0.05) is 12.6 Å². The summed E-state index contributed by atoms with van der Waals surface area (Å²) in [6.45, 7) is 3.03. The fourth-order valence-corrected chi connectivity index (χ4v) is 0.812.